The summed E-state index contributed by atoms with van der Waals surface area (Å²) in [7, 11) is 0. The van der Waals surface area contributed by atoms with Crippen molar-refractivity contribution in [3.05, 3.63) is 0 Å². The Morgan fingerprint density at radius 1 is 0.571 bits per heavy atom. The second kappa shape index (κ2) is 5.78. The van der Waals surface area contributed by atoms with E-state index in [2.05, 4.69) is 27.7 Å². The average Bonchev–Trinajstić information content (AvgIpc) is 2.01. The SMILES string of the molecule is CC1CCCC(C)CC(C)CC(C)C1. The molecular formula is C14H28. The van der Waals surface area contributed by atoms with Gasteiger partial charge in [0.2, 0.25) is 0 Å². The molecule has 0 N–H and O–H groups in total. The van der Waals surface area contributed by atoms with Crippen LogP contribution in [0.1, 0.15) is 66.2 Å². The highest BCUT2D eigenvalue weighted by Crippen LogP contribution is 2.30. The minimum absolute atomic E-state index is 0.949. The first-order chi connectivity index (χ1) is 6.58. The number of rotatable bonds is 0. The maximum absolute atomic E-state index is 2.44. The first kappa shape index (κ1) is 12.1. The van der Waals surface area contributed by atoms with Crippen LogP contribution in [0.15, 0.2) is 0 Å². The van der Waals surface area contributed by atoms with Crippen LogP contribution >= 0.6 is 0 Å². The monoisotopic (exact) mass is 196 g/mol. The van der Waals surface area contributed by atoms with Gasteiger partial charge in [-0.1, -0.05) is 47.0 Å². The smallest absolute Gasteiger partial charge is 0.0438 e. The molecule has 1 fully saturated rings. The van der Waals surface area contributed by atoms with Crippen LogP contribution in [-0.2, 0) is 0 Å². The van der Waals surface area contributed by atoms with Gasteiger partial charge in [0.25, 0.3) is 0 Å². The Bertz CT molecular complexity index is 134. The van der Waals surface area contributed by atoms with Crippen LogP contribution in [0.5, 0.6) is 0 Å². The van der Waals surface area contributed by atoms with Gasteiger partial charge in [0.15, 0.2) is 0 Å². The van der Waals surface area contributed by atoms with Crippen LogP contribution in [0.25, 0.3) is 0 Å². The molecule has 1 saturated carbocycles. The molecule has 0 aromatic rings. The first-order valence-electron chi connectivity index (χ1n) is 6.58. The van der Waals surface area contributed by atoms with Crippen LogP contribution in [0.4, 0.5) is 0 Å². The highest BCUT2D eigenvalue weighted by atomic mass is 14.2. The topological polar surface area (TPSA) is 0 Å². The number of hydrogen-bond acceptors (Lipinski definition) is 0. The minimum atomic E-state index is 0.949. The van der Waals surface area contributed by atoms with Crippen molar-refractivity contribution in [3.63, 3.8) is 0 Å². The zero-order chi connectivity index (χ0) is 10.6. The van der Waals surface area contributed by atoms with Crippen LogP contribution in [0.3, 0.4) is 0 Å². The summed E-state index contributed by atoms with van der Waals surface area (Å²) in [6, 6.07) is 0. The van der Waals surface area contributed by atoms with E-state index in [4.69, 9.17) is 0 Å². The van der Waals surface area contributed by atoms with E-state index in [-0.39, 0.29) is 0 Å². The average molecular weight is 196 g/mol. The molecule has 0 amide bonds. The molecule has 0 aromatic carbocycles. The molecule has 1 aliphatic carbocycles. The fraction of sp³-hybridized carbons (Fsp3) is 1.00. The lowest BCUT2D eigenvalue weighted by atomic mass is 9.81. The van der Waals surface area contributed by atoms with Crippen molar-refractivity contribution in [1.82, 2.24) is 0 Å². The molecule has 1 rings (SSSR count). The largest absolute Gasteiger partial charge is 0.0625 e. The van der Waals surface area contributed by atoms with Crippen molar-refractivity contribution in [2.75, 3.05) is 0 Å². The van der Waals surface area contributed by atoms with Crippen LogP contribution in [-0.4, -0.2) is 0 Å². The first-order valence-corrected chi connectivity index (χ1v) is 6.58. The maximum Gasteiger partial charge on any atom is -0.0438 e. The third-order valence-corrected chi connectivity index (χ3v) is 3.81. The van der Waals surface area contributed by atoms with Crippen molar-refractivity contribution < 1.29 is 0 Å². The Hall–Kier alpha value is 0. The summed E-state index contributed by atoms with van der Waals surface area (Å²) in [6.07, 6.45) is 8.75. The molecule has 0 spiro atoms. The third-order valence-electron chi connectivity index (χ3n) is 3.81. The molecule has 0 nitrogen and oxygen atoms in total. The van der Waals surface area contributed by atoms with E-state index in [1.165, 1.54) is 38.5 Å². The second-order valence-electron chi connectivity index (χ2n) is 6.06. The van der Waals surface area contributed by atoms with E-state index in [1.54, 1.807) is 0 Å². The van der Waals surface area contributed by atoms with Crippen molar-refractivity contribution in [3.8, 4) is 0 Å². The fourth-order valence-electron chi connectivity index (χ4n) is 3.30. The van der Waals surface area contributed by atoms with E-state index in [9.17, 15) is 0 Å². The molecular weight excluding hydrogens is 168 g/mol. The summed E-state index contributed by atoms with van der Waals surface area (Å²) in [6.45, 7) is 9.76. The molecule has 4 unspecified atom stereocenters. The normalized spacial score (nSPS) is 42.0. The van der Waals surface area contributed by atoms with E-state index in [1.807, 2.05) is 0 Å². The molecule has 0 bridgehead atoms. The van der Waals surface area contributed by atoms with Gasteiger partial charge in [-0.05, 0) is 42.9 Å². The molecule has 4 atom stereocenters. The molecule has 1 aliphatic rings. The molecule has 0 aliphatic heterocycles. The fourth-order valence-corrected chi connectivity index (χ4v) is 3.30. The summed E-state index contributed by atoms with van der Waals surface area (Å²) in [5.41, 5.74) is 0. The van der Waals surface area contributed by atoms with Crippen molar-refractivity contribution in [2.24, 2.45) is 23.7 Å². The van der Waals surface area contributed by atoms with Gasteiger partial charge in [0.05, 0.1) is 0 Å². The predicted octanol–water partition coefficient (Wildman–Crippen LogP) is 4.89. The number of hydrogen-bond donors (Lipinski definition) is 0. The third kappa shape index (κ3) is 4.48. The minimum Gasteiger partial charge on any atom is -0.0625 e. The van der Waals surface area contributed by atoms with E-state index in [0.29, 0.717) is 0 Å². The summed E-state index contributed by atoms with van der Waals surface area (Å²) in [5.74, 6) is 3.82. The molecule has 0 saturated heterocycles. The van der Waals surface area contributed by atoms with Gasteiger partial charge in [-0.25, -0.2) is 0 Å². The van der Waals surface area contributed by atoms with Gasteiger partial charge in [0.1, 0.15) is 0 Å². The summed E-state index contributed by atoms with van der Waals surface area (Å²) in [4.78, 5) is 0. The van der Waals surface area contributed by atoms with E-state index < -0.39 is 0 Å². The van der Waals surface area contributed by atoms with Gasteiger partial charge in [-0.3, -0.25) is 0 Å². The standard InChI is InChI=1S/C14H28/c1-11-6-5-7-12(2)9-14(4)10-13(3)8-11/h11-14H,5-10H2,1-4H3. The Balaban J connectivity index is 2.44. The molecule has 14 heavy (non-hydrogen) atoms. The zero-order valence-electron chi connectivity index (χ0n) is 10.6. The Labute approximate surface area is 90.5 Å². The predicted molar refractivity (Wildman–Crippen MR) is 64.4 cm³/mol. The van der Waals surface area contributed by atoms with Crippen molar-refractivity contribution in [1.29, 1.82) is 0 Å². The summed E-state index contributed by atoms with van der Waals surface area (Å²) >= 11 is 0. The summed E-state index contributed by atoms with van der Waals surface area (Å²) in [5, 5.41) is 0. The lowest BCUT2D eigenvalue weighted by Crippen LogP contribution is -2.13. The van der Waals surface area contributed by atoms with Crippen molar-refractivity contribution in [2.45, 2.75) is 66.2 Å². The molecule has 0 aromatic heterocycles. The quantitative estimate of drug-likeness (QED) is 0.518. The van der Waals surface area contributed by atoms with Gasteiger partial charge >= 0.3 is 0 Å². The maximum atomic E-state index is 2.44. The zero-order valence-corrected chi connectivity index (χ0v) is 10.6. The van der Waals surface area contributed by atoms with Crippen LogP contribution in [0.2, 0.25) is 0 Å². The lowest BCUT2D eigenvalue weighted by molar-refractivity contribution is 0.268. The van der Waals surface area contributed by atoms with E-state index >= 15 is 0 Å². The Kier molecular flexibility index (Phi) is 4.98. The molecule has 0 heteroatoms. The highest BCUT2D eigenvalue weighted by Gasteiger charge is 2.17. The van der Waals surface area contributed by atoms with Crippen molar-refractivity contribution >= 4 is 0 Å². The van der Waals surface area contributed by atoms with Gasteiger partial charge in [-0.2, -0.15) is 0 Å². The Morgan fingerprint density at radius 2 is 0.929 bits per heavy atom. The van der Waals surface area contributed by atoms with Gasteiger partial charge in [0, 0.05) is 0 Å². The van der Waals surface area contributed by atoms with E-state index in [0.717, 1.165) is 23.7 Å². The highest BCUT2D eigenvalue weighted by molar-refractivity contribution is 4.69. The molecule has 0 radical (unpaired) electrons. The van der Waals surface area contributed by atoms with Crippen LogP contribution in [0, 0.1) is 23.7 Å². The lowest BCUT2D eigenvalue weighted by Gasteiger charge is -2.25. The second-order valence-corrected chi connectivity index (χ2v) is 6.06. The summed E-state index contributed by atoms with van der Waals surface area (Å²) < 4.78 is 0. The molecule has 84 valence electrons. The Morgan fingerprint density at radius 3 is 1.36 bits per heavy atom. The van der Waals surface area contributed by atoms with Gasteiger partial charge < -0.3 is 0 Å². The van der Waals surface area contributed by atoms with Crippen LogP contribution < -0.4 is 0 Å². The molecule has 0 heterocycles. The van der Waals surface area contributed by atoms with Gasteiger partial charge in [-0.15, -0.1) is 0 Å².